The SMILES string of the molecule is NC(=O)C1(S(=O)N2CCN(c3cnc(CCCC(F)(F)F)cn3)CC2)CCOCC1. The predicted octanol–water partition coefficient (Wildman–Crippen LogP) is 1.18. The Balaban J connectivity index is 1.53. The van der Waals surface area contributed by atoms with Gasteiger partial charge in [0.1, 0.15) is 21.6 Å². The van der Waals surface area contributed by atoms with Gasteiger partial charge in [-0.1, -0.05) is 0 Å². The lowest BCUT2D eigenvalue weighted by Gasteiger charge is -2.40. The minimum atomic E-state index is -4.16. The summed E-state index contributed by atoms with van der Waals surface area (Å²) in [6.07, 6.45) is -1.06. The van der Waals surface area contributed by atoms with Gasteiger partial charge in [0.05, 0.1) is 18.1 Å². The van der Waals surface area contributed by atoms with Crippen LogP contribution in [0.25, 0.3) is 0 Å². The highest BCUT2D eigenvalue weighted by Gasteiger charge is 2.47. The van der Waals surface area contributed by atoms with Crippen LogP contribution < -0.4 is 10.6 Å². The molecule has 1 unspecified atom stereocenters. The molecule has 2 fully saturated rings. The maximum Gasteiger partial charge on any atom is 0.389 e. The highest BCUT2D eigenvalue weighted by Crippen LogP contribution is 2.30. The molecule has 1 atom stereocenters. The van der Waals surface area contributed by atoms with E-state index in [1.807, 2.05) is 4.90 Å². The Labute approximate surface area is 175 Å². The molecule has 0 aromatic carbocycles. The van der Waals surface area contributed by atoms with Crippen molar-refractivity contribution in [2.75, 3.05) is 44.3 Å². The smallest absolute Gasteiger partial charge is 0.381 e. The molecule has 2 N–H and O–H groups in total. The molecule has 1 aromatic rings. The van der Waals surface area contributed by atoms with Crippen LogP contribution in [-0.2, 0) is 26.9 Å². The predicted molar refractivity (Wildman–Crippen MR) is 105 cm³/mol. The second kappa shape index (κ2) is 9.56. The van der Waals surface area contributed by atoms with Crippen molar-refractivity contribution in [3.05, 3.63) is 18.1 Å². The monoisotopic (exact) mass is 449 g/mol. The maximum atomic E-state index is 13.1. The van der Waals surface area contributed by atoms with Gasteiger partial charge in [-0.3, -0.25) is 9.78 Å². The first-order valence-electron chi connectivity index (χ1n) is 9.88. The molecule has 3 heterocycles. The van der Waals surface area contributed by atoms with Gasteiger partial charge in [-0.15, -0.1) is 0 Å². The zero-order valence-corrected chi connectivity index (χ0v) is 17.4. The van der Waals surface area contributed by atoms with Crippen LogP contribution in [-0.4, -0.2) is 74.7 Å². The Kier molecular flexibility index (Phi) is 7.30. The number of anilines is 1. The summed E-state index contributed by atoms with van der Waals surface area (Å²) in [5.74, 6) is 0.0641. The van der Waals surface area contributed by atoms with Crippen LogP contribution in [0.1, 0.15) is 31.4 Å². The summed E-state index contributed by atoms with van der Waals surface area (Å²) in [4.78, 5) is 22.6. The van der Waals surface area contributed by atoms with Crippen molar-refractivity contribution in [1.29, 1.82) is 0 Å². The van der Waals surface area contributed by atoms with E-state index in [0.717, 1.165) is 0 Å². The lowest BCUT2D eigenvalue weighted by atomic mass is 9.98. The number of ether oxygens (including phenoxy) is 1. The number of rotatable bonds is 7. The normalized spacial score (nSPS) is 21.4. The highest BCUT2D eigenvalue weighted by atomic mass is 32.2. The van der Waals surface area contributed by atoms with E-state index in [1.54, 1.807) is 10.5 Å². The number of primary amides is 1. The van der Waals surface area contributed by atoms with Crippen molar-refractivity contribution in [3.63, 3.8) is 0 Å². The third kappa shape index (κ3) is 5.46. The van der Waals surface area contributed by atoms with E-state index < -0.39 is 34.2 Å². The number of aryl methyl sites for hydroxylation is 1. The summed E-state index contributed by atoms with van der Waals surface area (Å²) in [5, 5.41) is 0. The fourth-order valence-corrected chi connectivity index (χ4v) is 5.33. The lowest BCUT2D eigenvalue weighted by molar-refractivity contribution is -0.135. The van der Waals surface area contributed by atoms with Crippen LogP contribution in [0.4, 0.5) is 19.0 Å². The van der Waals surface area contributed by atoms with Crippen LogP contribution in [0.15, 0.2) is 12.4 Å². The van der Waals surface area contributed by atoms with Crippen LogP contribution in [0.3, 0.4) is 0 Å². The average Bonchev–Trinajstić information content (AvgIpc) is 2.73. The second-order valence-electron chi connectivity index (χ2n) is 7.47. The van der Waals surface area contributed by atoms with Gasteiger partial charge in [0.25, 0.3) is 0 Å². The van der Waals surface area contributed by atoms with Gasteiger partial charge in [0.2, 0.25) is 5.91 Å². The molecule has 0 radical (unpaired) electrons. The van der Waals surface area contributed by atoms with E-state index in [2.05, 4.69) is 9.97 Å². The topological polar surface area (TPSA) is 102 Å². The number of amides is 1. The molecule has 2 aliphatic heterocycles. The van der Waals surface area contributed by atoms with Gasteiger partial charge in [-0.05, 0) is 25.7 Å². The summed E-state index contributed by atoms with van der Waals surface area (Å²) < 4.78 is 55.8. The van der Waals surface area contributed by atoms with Crippen molar-refractivity contribution in [1.82, 2.24) is 14.3 Å². The third-order valence-electron chi connectivity index (χ3n) is 5.47. The molecule has 8 nitrogen and oxygen atoms in total. The Hall–Kier alpha value is -1.79. The molecule has 0 spiro atoms. The molecule has 3 rings (SSSR count). The first-order chi connectivity index (χ1) is 14.2. The molecule has 30 heavy (non-hydrogen) atoms. The standard InChI is InChI=1S/C18H26F3N5O3S/c19-18(20,21)3-1-2-14-12-24-15(13-23-14)25-6-8-26(9-7-25)30(28)17(16(22)27)4-10-29-11-5-17/h12-13H,1-11H2,(H2,22,27). The minimum Gasteiger partial charge on any atom is -0.381 e. The number of carbonyl (C=O) groups is 1. The average molecular weight is 449 g/mol. The summed E-state index contributed by atoms with van der Waals surface area (Å²) in [5.41, 5.74) is 6.11. The molecule has 0 saturated carbocycles. The Bertz CT molecular complexity index is 748. The first kappa shape index (κ1) is 22.9. The number of aromatic nitrogens is 2. The summed E-state index contributed by atoms with van der Waals surface area (Å²) in [7, 11) is -1.54. The summed E-state index contributed by atoms with van der Waals surface area (Å²) in [6, 6.07) is 0. The van der Waals surface area contributed by atoms with Crippen LogP contribution in [0.5, 0.6) is 0 Å². The van der Waals surface area contributed by atoms with E-state index in [1.165, 1.54) is 6.20 Å². The largest absolute Gasteiger partial charge is 0.389 e. The number of nitrogens with two attached hydrogens (primary N) is 1. The number of carbonyl (C=O) groups excluding carboxylic acids is 1. The van der Waals surface area contributed by atoms with Gasteiger partial charge in [0.15, 0.2) is 0 Å². The van der Waals surface area contributed by atoms with Crippen LogP contribution in [0, 0.1) is 0 Å². The minimum absolute atomic E-state index is 0.0192. The molecular formula is C18H26F3N5O3S. The molecule has 168 valence electrons. The Morgan fingerprint density at radius 1 is 1.17 bits per heavy atom. The quantitative estimate of drug-likeness (QED) is 0.671. The zero-order valence-electron chi connectivity index (χ0n) is 16.6. The molecule has 2 aliphatic rings. The van der Waals surface area contributed by atoms with Crippen LogP contribution in [0.2, 0.25) is 0 Å². The highest BCUT2D eigenvalue weighted by molar-refractivity contribution is 7.85. The Morgan fingerprint density at radius 2 is 1.83 bits per heavy atom. The fraction of sp³-hybridized carbons (Fsp3) is 0.722. The van der Waals surface area contributed by atoms with E-state index >= 15 is 0 Å². The Morgan fingerprint density at radius 3 is 2.37 bits per heavy atom. The van der Waals surface area contributed by atoms with Crippen LogP contribution >= 0.6 is 0 Å². The van der Waals surface area contributed by atoms with Crippen molar-refractivity contribution < 1.29 is 26.9 Å². The van der Waals surface area contributed by atoms with Gasteiger partial charge < -0.3 is 15.4 Å². The van der Waals surface area contributed by atoms with Crippen molar-refractivity contribution in [2.24, 2.45) is 5.73 Å². The van der Waals surface area contributed by atoms with Crippen molar-refractivity contribution in [3.8, 4) is 0 Å². The van der Waals surface area contributed by atoms with E-state index in [4.69, 9.17) is 10.5 Å². The number of piperazine rings is 1. The van der Waals surface area contributed by atoms with E-state index in [-0.39, 0.29) is 12.8 Å². The maximum absolute atomic E-state index is 13.1. The summed E-state index contributed by atoms with van der Waals surface area (Å²) >= 11 is 0. The van der Waals surface area contributed by atoms with Gasteiger partial charge in [-0.25, -0.2) is 13.5 Å². The number of hydrogen-bond acceptors (Lipinski definition) is 6. The molecule has 0 bridgehead atoms. The van der Waals surface area contributed by atoms with Gasteiger partial charge >= 0.3 is 6.18 Å². The molecule has 1 aromatic heterocycles. The van der Waals surface area contributed by atoms with Gasteiger partial charge in [0, 0.05) is 45.8 Å². The van der Waals surface area contributed by atoms with Gasteiger partial charge in [-0.2, -0.15) is 13.2 Å². The number of alkyl halides is 3. The molecule has 0 aliphatic carbocycles. The second-order valence-corrected chi connectivity index (χ2v) is 9.27. The van der Waals surface area contributed by atoms with Crippen molar-refractivity contribution >= 4 is 22.7 Å². The number of nitrogens with zero attached hydrogens (tertiary/aromatic N) is 4. The number of hydrogen-bond donors (Lipinski definition) is 1. The first-order valence-corrected chi connectivity index (χ1v) is 11.0. The van der Waals surface area contributed by atoms with E-state index in [9.17, 15) is 22.2 Å². The molecular weight excluding hydrogens is 423 g/mol. The van der Waals surface area contributed by atoms with Crippen molar-refractivity contribution in [2.45, 2.75) is 43.0 Å². The molecule has 1 amide bonds. The third-order valence-corrected chi connectivity index (χ3v) is 7.58. The summed E-state index contributed by atoms with van der Waals surface area (Å²) in [6.45, 7) is 2.74. The molecule has 2 saturated heterocycles. The van der Waals surface area contributed by atoms with E-state index in [0.29, 0.717) is 63.7 Å². The fourth-order valence-electron chi connectivity index (χ4n) is 3.65. The molecule has 12 heteroatoms. The zero-order chi connectivity index (χ0) is 21.8. The lowest BCUT2D eigenvalue weighted by Crippen LogP contribution is -2.58. The number of halogens is 3.